The van der Waals surface area contributed by atoms with E-state index in [1.54, 1.807) is 11.1 Å². The predicted molar refractivity (Wildman–Crippen MR) is 100 cm³/mol. The van der Waals surface area contributed by atoms with Crippen LogP contribution in [0.4, 0.5) is 0 Å². The molecule has 6 nitrogen and oxygen atoms in total. The van der Waals surface area contributed by atoms with Crippen LogP contribution >= 0.6 is 11.3 Å². The summed E-state index contributed by atoms with van der Waals surface area (Å²) in [6.45, 7) is 4.06. The van der Waals surface area contributed by atoms with Gasteiger partial charge in [0.25, 0.3) is 11.8 Å². The molecule has 0 radical (unpaired) electrons. The van der Waals surface area contributed by atoms with Crippen LogP contribution in [-0.2, 0) is 0 Å². The van der Waals surface area contributed by atoms with E-state index in [4.69, 9.17) is 0 Å². The van der Waals surface area contributed by atoms with Crippen molar-refractivity contribution < 1.29 is 9.59 Å². The molecule has 0 unspecified atom stereocenters. The number of hydrogen-bond donors (Lipinski definition) is 0. The molecule has 1 fully saturated rings. The van der Waals surface area contributed by atoms with Crippen molar-refractivity contribution in [3.8, 4) is 0 Å². The third-order valence-corrected chi connectivity index (χ3v) is 5.94. The third kappa shape index (κ3) is 2.94. The summed E-state index contributed by atoms with van der Waals surface area (Å²) in [5, 5.41) is 1.14. The number of hydrogen-bond acceptors (Lipinski definition) is 5. The van der Waals surface area contributed by atoms with Crippen molar-refractivity contribution in [3.63, 3.8) is 0 Å². The van der Waals surface area contributed by atoms with Gasteiger partial charge in [0.15, 0.2) is 0 Å². The fraction of sp³-hybridized carbons (Fsp3) is 0.263. The van der Waals surface area contributed by atoms with Gasteiger partial charge in [-0.05, 0) is 23.9 Å². The van der Waals surface area contributed by atoms with Crippen LogP contribution in [0, 0.1) is 6.92 Å². The molecule has 4 rings (SSSR count). The van der Waals surface area contributed by atoms with Crippen LogP contribution in [-0.4, -0.2) is 57.8 Å². The zero-order valence-corrected chi connectivity index (χ0v) is 15.2. The minimum atomic E-state index is -0.136. The maximum Gasteiger partial charge on any atom is 0.274 e. The molecular weight excluding hydrogens is 348 g/mol. The molecule has 26 heavy (non-hydrogen) atoms. The van der Waals surface area contributed by atoms with E-state index in [9.17, 15) is 9.59 Å². The van der Waals surface area contributed by atoms with Crippen LogP contribution in [0.1, 0.15) is 25.7 Å². The van der Waals surface area contributed by atoms with Crippen molar-refractivity contribution in [1.29, 1.82) is 0 Å². The largest absolute Gasteiger partial charge is 0.334 e. The lowest BCUT2D eigenvalue weighted by Crippen LogP contribution is -2.50. The van der Waals surface area contributed by atoms with Crippen LogP contribution in [0.25, 0.3) is 10.1 Å². The molecule has 2 amide bonds. The van der Waals surface area contributed by atoms with Gasteiger partial charge in [0.05, 0.1) is 11.1 Å². The van der Waals surface area contributed by atoms with Crippen LogP contribution in [0.3, 0.4) is 0 Å². The number of carbonyl (C=O) groups is 2. The van der Waals surface area contributed by atoms with Gasteiger partial charge in [0.1, 0.15) is 5.69 Å². The first-order chi connectivity index (χ1) is 12.6. The third-order valence-electron chi connectivity index (χ3n) is 4.67. The maximum atomic E-state index is 12.9. The van der Waals surface area contributed by atoms with Gasteiger partial charge in [-0.2, -0.15) is 0 Å². The first kappa shape index (κ1) is 16.7. The molecule has 1 aliphatic rings. The van der Waals surface area contributed by atoms with E-state index < -0.39 is 0 Å². The van der Waals surface area contributed by atoms with Gasteiger partial charge >= 0.3 is 0 Å². The number of aryl methyl sites for hydroxylation is 1. The Balaban J connectivity index is 1.46. The summed E-state index contributed by atoms with van der Waals surface area (Å²) >= 11 is 1.54. The molecule has 1 aliphatic heterocycles. The zero-order chi connectivity index (χ0) is 18.1. The Hall–Kier alpha value is -2.80. The topological polar surface area (TPSA) is 66.4 Å². The Bertz CT molecular complexity index is 962. The molecule has 2 aromatic heterocycles. The van der Waals surface area contributed by atoms with Crippen LogP contribution in [0.2, 0.25) is 0 Å². The summed E-state index contributed by atoms with van der Waals surface area (Å²) < 4.78 is 1.13. The molecule has 1 saturated heterocycles. The van der Waals surface area contributed by atoms with Crippen molar-refractivity contribution in [2.45, 2.75) is 6.92 Å². The summed E-state index contributed by atoms with van der Waals surface area (Å²) in [6, 6.07) is 8.08. The Labute approximate surface area is 155 Å². The molecule has 0 spiro atoms. The first-order valence-corrected chi connectivity index (χ1v) is 9.29. The average Bonchev–Trinajstić information content (AvgIpc) is 3.04. The van der Waals surface area contributed by atoms with Crippen molar-refractivity contribution in [2.24, 2.45) is 0 Å². The smallest absolute Gasteiger partial charge is 0.274 e. The summed E-state index contributed by atoms with van der Waals surface area (Å²) in [5.41, 5.74) is 1.38. The highest BCUT2D eigenvalue weighted by molar-refractivity contribution is 7.21. The monoisotopic (exact) mass is 366 g/mol. The van der Waals surface area contributed by atoms with Gasteiger partial charge in [-0.25, -0.2) is 4.98 Å². The average molecular weight is 366 g/mol. The number of amides is 2. The molecular formula is C19H18N4O2S. The highest BCUT2D eigenvalue weighted by Gasteiger charge is 2.28. The predicted octanol–water partition coefficient (Wildman–Crippen LogP) is 2.60. The molecule has 0 N–H and O–H groups in total. The zero-order valence-electron chi connectivity index (χ0n) is 14.4. The van der Waals surface area contributed by atoms with E-state index in [0.717, 1.165) is 20.5 Å². The van der Waals surface area contributed by atoms with Crippen molar-refractivity contribution in [3.05, 3.63) is 59.0 Å². The minimum absolute atomic E-state index is 0.0512. The summed E-state index contributed by atoms with van der Waals surface area (Å²) in [6.07, 6.45) is 4.53. The van der Waals surface area contributed by atoms with E-state index in [1.807, 2.05) is 30.0 Å². The van der Waals surface area contributed by atoms with Gasteiger partial charge in [-0.3, -0.25) is 14.6 Å². The van der Waals surface area contributed by atoms with Crippen molar-refractivity contribution >= 4 is 33.2 Å². The molecule has 0 bridgehead atoms. The van der Waals surface area contributed by atoms with Gasteiger partial charge in [-0.1, -0.05) is 18.2 Å². The number of rotatable bonds is 2. The molecule has 3 aromatic rings. The lowest BCUT2D eigenvalue weighted by molar-refractivity contribution is 0.0534. The van der Waals surface area contributed by atoms with Gasteiger partial charge < -0.3 is 9.80 Å². The molecule has 1 aromatic carbocycles. The highest BCUT2D eigenvalue weighted by Crippen LogP contribution is 2.31. The lowest BCUT2D eigenvalue weighted by Gasteiger charge is -2.34. The summed E-state index contributed by atoms with van der Waals surface area (Å²) in [7, 11) is 0. The Kier molecular flexibility index (Phi) is 4.38. The number of piperazine rings is 1. The van der Waals surface area contributed by atoms with Gasteiger partial charge in [-0.15, -0.1) is 11.3 Å². The quantitative estimate of drug-likeness (QED) is 0.699. The molecule has 0 aliphatic carbocycles. The van der Waals surface area contributed by atoms with E-state index in [2.05, 4.69) is 16.0 Å². The molecule has 0 atom stereocenters. The number of benzene rings is 1. The number of nitrogens with zero attached hydrogens (tertiary/aromatic N) is 4. The van der Waals surface area contributed by atoms with Crippen molar-refractivity contribution in [1.82, 2.24) is 19.8 Å². The van der Waals surface area contributed by atoms with E-state index in [0.29, 0.717) is 31.9 Å². The molecule has 0 saturated carbocycles. The normalized spacial score (nSPS) is 14.7. The fourth-order valence-electron chi connectivity index (χ4n) is 3.21. The van der Waals surface area contributed by atoms with E-state index in [-0.39, 0.29) is 11.8 Å². The molecule has 132 valence electrons. The maximum absolute atomic E-state index is 12.9. The minimum Gasteiger partial charge on any atom is -0.334 e. The SMILES string of the molecule is Cc1c(C(=O)N2CCN(C(=O)c3cnccn3)CC2)sc2ccccc12. The Morgan fingerprint density at radius 3 is 2.35 bits per heavy atom. The van der Waals surface area contributed by atoms with Crippen molar-refractivity contribution in [2.75, 3.05) is 26.2 Å². The number of aromatic nitrogens is 2. The highest BCUT2D eigenvalue weighted by atomic mass is 32.1. The van der Waals surface area contributed by atoms with Crippen LogP contribution in [0.15, 0.2) is 42.9 Å². The summed E-state index contributed by atoms with van der Waals surface area (Å²) in [5.74, 6) is -0.0847. The Morgan fingerprint density at radius 1 is 1.00 bits per heavy atom. The standard InChI is InChI=1S/C19H18N4O2S/c1-13-14-4-2-3-5-16(14)26-17(13)19(25)23-10-8-22(9-11-23)18(24)15-12-20-6-7-21-15/h2-7,12H,8-11H2,1H3. The molecule has 7 heteroatoms. The number of thiophene rings is 1. The number of fused-ring (bicyclic) bond motifs is 1. The lowest BCUT2D eigenvalue weighted by atomic mass is 10.1. The molecule has 3 heterocycles. The fourth-order valence-corrected chi connectivity index (χ4v) is 4.38. The van der Waals surface area contributed by atoms with E-state index >= 15 is 0 Å². The summed E-state index contributed by atoms with van der Waals surface area (Å²) in [4.78, 5) is 37.7. The number of carbonyl (C=O) groups excluding carboxylic acids is 2. The van der Waals surface area contributed by atoms with Gasteiger partial charge in [0, 0.05) is 43.3 Å². The van der Waals surface area contributed by atoms with Crippen LogP contribution < -0.4 is 0 Å². The van der Waals surface area contributed by atoms with Gasteiger partial charge in [0.2, 0.25) is 0 Å². The van der Waals surface area contributed by atoms with Crippen LogP contribution in [0.5, 0.6) is 0 Å². The van der Waals surface area contributed by atoms with E-state index in [1.165, 1.54) is 23.7 Å². The second-order valence-corrected chi connectivity index (χ2v) is 7.28. The second kappa shape index (κ2) is 6.84. The Morgan fingerprint density at radius 2 is 1.69 bits per heavy atom. The second-order valence-electron chi connectivity index (χ2n) is 6.23. The first-order valence-electron chi connectivity index (χ1n) is 8.48.